The predicted molar refractivity (Wildman–Crippen MR) is 75.0 cm³/mol. The molecule has 2 rings (SSSR count). The molecule has 0 saturated carbocycles. The zero-order valence-electron chi connectivity index (χ0n) is 10.8. The molecule has 10 heteroatoms. The van der Waals surface area contributed by atoms with Gasteiger partial charge in [0.1, 0.15) is 0 Å². The zero-order valence-corrected chi connectivity index (χ0v) is 12.5. The molecule has 0 unspecified atom stereocenters. The van der Waals surface area contributed by atoms with Gasteiger partial charge in [0, 0.05) is 20.0 Å². The second-order valence-electron chi connectivity index (χ2n) is 4.20. The Hall–Kier alpha value is -1.36. The third-order valence-electron chi connectivity index (χ3n) is 2.57. The molecule has 0 aromatic carbocycles. The van der Waals surface area contributed by atoms with Gasteiger partial charge in [0.05, 0.1) is 0 Å². The Kier molecular flexibility index (Phi) is 4.81. The number of carbonyl (C=O) groups excluding carboxylic acids is 1. The van der Waals surface area contributed by atoms with Gasteiger partial charge in [-0.2, -0.15) is 0 Å². The first-order chi connectivity index (χ1) is 9.47. The number of carbonyl (C=O) groups is 1. The van der Waals surface area contributed by atoms with Gasteiger partial charge in [0.15, 0.2) is 0 Å². The van der Waals surface area contributed by atoms with Gasteiger partial charge in [0.25, 0.3) is 10.0 Å². The van der Waals surface area contributed by atoms with Crippen molar-refractivity contribution < 1.29 is 13.2 Å². The standard InChI is InChI=1S/C10H15N5O3S2/c1-7(16)13-9-14-15-10(19-9)20(17,18)12-6-8-2-4-11-5-3-8/h2,11-12H,3-6H2,1H3,(H,13,14,16). The summed E-state index contributed by atoms with van der Waals surface area (Å²) in [6.45, 7) is 3.18. The van der Waals surface area contributed by atoms with Crippen LogP contribution in [-0.2, 0) is 14.8 Å². The van der Waals surface area contributed by atoms with E-state index in [1.165, 1.54) is 6.92 Å². The number of nitrogens with zero attached hydrogens (tertiary/aromatic N) is 2. The molecule has 2 heterocycles. The van der Waals surface area contributed by atoms with E-state index in [9.17, 15) is 13.2 Å². The molecule has 8 nitrogen and oxygen atoms in total. The van der Waals surface area contributed by atoms with Crippen molar-refractivity contribution >= 4 is 32.4 Å². The van der Waals surface area contributed by atoms with Gasteiger partial charge < -0.3 is 10.6 Å². The van der Waals surface area contributed by atoms with Crippen LogP contribution in [0.2, 0.25) is 0 Å². The van der Waals surface area contributed by atoms with Crippen LogP contribution < -0.4 is 15.4 Å². The normalized spacial score (nSPS) is 15.8. The first-order valence-electron chi connectivity index (χ1n) is 5.97. The number of nitrogens with one attached hydrogen (secondary N) is 3. The van der Waals surface area contributed by atoms with Crippen molar-refractivity contribution in [2.45, 2.75) is 17.7 Å². The van der Waals surface area contributed by atoms with Crippen molar-refractivity contribution in [2.24, 2.45) is 0 Å². The van der Waals surface area contributed by atoms with E-state index in [1.54, 1.807) is 0 Å². The van der Waals surface area contributed by atoms with E-state index in [-0.39, 0.29) is 21.9 Å². The Bertz CT molecular complexity index is 623. The number of hydrogen-bond donors (Lipinski definition) is 3. The Labute approximate surface area is 120 Å². The van der Waals surface area contributed by atoms with Crippen LogP contribution in [-0.4, -0.2) is 44.2 Å². The summed E-state index contributed by atoms with van der Waals surface area (Å²) in [5.41, 5.74) is 1.04. The molecular formula is C10H15N5O3S2. The number of amides is 1. The molecule has 20 heavy (non-hydrogen) atoms. The van der Waals surface area contributed by atoms with Gasteiger partial charge in [-0.25, -0.2) is 13.1 Å². The van der Waals surface area contributed by atoms with Crippen LogP contribution in [0.1, 0.15) is 13.3 Å². The van der Waals surface area contributed by atoms with Crippen molar-refractivity contribution in [2.75, 3.05) is 25.0 Å². The quantitative estimate of drug-likeness (QED) is 0.507. The molecule has 0 radical (unpaired) electrons. The molecule has 0 bridgehead atoms. The van der Waals surface area contributed by atoms with Crippen LogP contribution in [0.15, 0.2) is 16.0 Å². The molecule has 0 spiro atoms. The average molecular weight is 317 g/mol. The fourth-order valence-electron chi connectivity index (χ4n) is 1.60. The fraction of sp³-hybridized carbons (Fsp3) is 0.500. The molecule has 1 aromatic rings. The zero-order chi connectivity index (χ0) is 14.6. The lowest BCUT2D eigenvalue weighted by atomic mass is 10.1. The Balaban J connectivity index is 2.00. The summed E-state index contributed by atoms with van der Waals surface area (Å²) in [5, 5.41) is 12.9. The van der Waals surface area contributed by atoms with Gasteiger partial charge in [-0.15, -0.1) is 10.2 Å². The predicted octanol–water partition coefficient (Wildman–Crippen LogP) is -0.305. The van der Waals surface area contributed by atoms with Crippen LogP contribution in [0, 0.1) is 0 Å². The minimum absolute atomic E-state index is 0.157. The fourth-order valence-corrected chi connectivity index (χ4v) is 3.62. The second-order valence-corrected chi connectivity index (χ2v) is 7.11. The van der Waals surface area contributed by atoms with E-state index >= 15 is 0 Å². The van der Waals surface area contributed by atoms with Crippen molar-refractivity contribution in [3.05, 3.63) is 11.6 Å². The Morgan fingerprint density at radius 2 is 2.30 bits per heavy atom. The molecule has 1 aliphatic rings. The monoisotopic (exact) mass is 317 g/mol. The molecule has 1 amide bonds. The topological polar surface area (TPSA) is 113 Å². The minimum atomic E-state index is -3.69. The molecule has 0 atom stereocenters. The summed E-state index contributed by atoms with van der Waals surface area (Å²) in [6.07, 6.45) is 2.78. The highest BCUT2D eigenvalue weighted by atomic mass is 32.2. The molecule has 110 valence electrons. The van der Waals surface area contributed by atoms with E-state index in [1.807, 2.05) is 6.08 Å². The third-order valence-corrected chi connectivity index (χ3v) is 5.17. The summed E-state index contributed by atoms with van der Waals surface area (Å²) in [6, 6.07) is 0. The van der Waals surface area contributed by atoms with Gasteiger partial charge in [-0.3, -0.25) is 4.79 Å². The number of anilines is 1. The molecular weight excluding hydrogens is 302 g/mol. The molecule has 0 saturated heterocycles. The number of sulfonamides is 1. The highest BCUT2D eigenvalue weighted by Gasteiger charge is 2.20. The van der Waals surface area contributed by atoms with Crippen LogP contribution in [0.3, 0.4) is 0 Å². The maximum atomic E-state index is 12.0. The lowest BCUT2D eigenvalue weighted by Gasteiger charge is -2.13. The van der Waals surface area contributed by atoms with E-state index < -0.39 is 10.0 Å². The highest BCUT2D eigenvalue weighted by Crippen LogP contribution is 2.19. The van der Waals surface area contributed by atoms with Crippen LogP contribution >= 0.6 is 11.3 Å². The van der Waals surface area contributed by atoms with E-state index in [0.29, 0.717) is 0 Å². The molecule has 0 fully saturated rings. The average Bonchev–Trinajstić information content (AvgIpc) is 2.86. The first kappa shape index (κ1) is 15.0. The molecule has 1 aromatic heterocycles. The maximum Gasteiger partial charge on any atom is 0.270 e. The summed E-state index contributed by atoms with van der Waals surface area (Å²) in [7, 11) is -3.69. The van der Waals surface area contributed by atoms with Crippen molar-refractivity contribution in [1.82, 2.24) is 20.2 Å². The van der Waals surface area contributed by atoms with Gasteiger partial charge >= 0.3 is 0 Å². The summed E-state index contributed by atoms with van der Waals surface area (Å²) < 4.78 is 26.4. The number of hydrogen-bond acceptors (Lipinski definition) is 7. The molecule has 0 aliphatic carbocycles. The smallest absolute Gasteiger partial charge is 0.270 e. The van der Waals surface area contributed by atoms with Crippen LogP contribution in [0.4, 0.5) is 5.13 Å². The van der Waals surface area contributed by atoms with Crippen molar-refractivity contribution in [1.29, 1.82) is 0 Å². The first-order valence-corrected chi connectivity index (χ1v) is 8.27. The number of rotatable bonds is 5. The number of aromatic nitrogens is 2. The summed E-state index contributed by atoms with van der Waals surface area (Å²) in [5.74, 6) is -0.321. The Morgan fingerprint density at radius 3 is 2.95 bits per heavy atom. The van der Waals surface area contributed by atoms with E-state index in [0.717, 1.165) is 36.4 Å². The third kappa shape index (κ3) is 4.07. The lowest BCUT2D eigenvalue weighted by molar-refractivity contribution is -0.114. The second kappa shape index (κ2) is 6.39. The van der Waals surface area contributed by atoms with E-state index in [4.69, 9.17) is 0 Å². The van der Waals surface area contributed by atoms with Crippen LogP contribution in [0.5, 0.6) is 0 Å². The van der Waals surface area contributed by atoms with Crippen molar-refractivity contribution in [3.8, 4) is 0 Å². The molecule has 3 N–H and O–H groups in total. The maximum absolute atomic E-state index is 12.0. The van der Waals surface area contributed by atoms with Gasteiger partial charge in [-0.05, 0) is 13.0 Å². The van der Waals surface area contributed by atoms with Gasteiger partial charge in [-0.1, -0.05) is 23.0 Å². The minimum Gasteiger partial charge on any atom is -0.313 e. The lowest BCUT2D eigenvalue weighted by Crippen LogP contribution is -2.29. The molecule has 1 aliphatic heterocycles. The summed E-state index contributed by atoms with van der Waals surface area (Å²) in [4.78, 5) is 10.9. The largest absolute Gasteiger partial charge is 0.313 e. The summed E-state index contributed by atoms with van der Waals surface area (Å²) >= 11 is 0.818. The highest BCUT2D eigenvalue weighted by molar-refractivity contribution is 7.91. The SMILES string of the molecule is CC(=O)Nc1nnc(S(=O)(=O)NCC2=CCNCC2)s1. The Morgan fingerprint density at radius 1 is 1.50 bits per heavy atom. The van der Waals surface area contributed by atoms with Crippen molar-refractivity contribution in [3.63, 3.8) is 0 Å². The van der Waals surface area contributed by atoms with Crippen LogP contribution in [0.25, 0.3) is 0 Å². The van der Waals surface area contributed by atoms with E-state index in [2.05, 4.69) is 25.6 Å². The van der Waals surface area contributed by atoms with Gasteiger partial charge in [0.2, 0.25) is 15.4 Å².